The van der Waals surface area contributed by atoms with E-state index >= 15 is 0 Å². The summed E-state index contributed by atoms with van der Waals surface area (Å²) in [6.07, 6.45) is 4.89. The molecule has 0 spiro atoms. The summed E-state index contributed by atoms with van der Waals surface area (Å²) in [6, 6.07) is 0. The van der Waals surface area contributed by atoms with Crippen molar-refractivity contribution in [2.75, 3.05) is 11.5 Å². The highest BCUT2D eigenvalue weighted by atomic mass is 32.2. The third-order valence-corrected chi connectivity index (χ3v) is 4.97. The monoisotopic (exact) mass is 228 g/mol. The average molecular weight is 228 g/mol. The highest BCUT2D eigenvalue weighted by molar-refractivity contribution is 7.99. The molecule has 0 saturated carbocycles. The molecule has 0 aromatic carbocycles. The zero-order chi connectivity index (χ0) is 9.97. The minimum absolute atomic E-state index is 0.746. The standard InChI is InChI=1S/C10H16N2S2/c1-2-5-13-7-3-4-9-8(6-7)12-10(11)14-9/h7H,2-6H2,1H3,(H2,11,12). The van der Waals surface area contributed by atoms with Crippen LogP contribution in [0.25, 0.3) is 0 Å². The number of thioether (sulfide) groups is 1. The van der Waals surface area contributed by atoms with Crippen molar-refractivity contribution in [3.05, 3.63) is 10.6 Å². The Balaban J connectivity index is 1.98. The number of nitrogens with two attached hydrogens (primary N) is 1. The Hall–Kier alpha value is -0.220. The zero-order valence-corrected chi connectivity index (χ0v) is 10.1. The Morgan fingerprint density at radius 1 is 1.64 bits per heavy atom. The maximum Gasteiger partial charge on any atom is 0.180 e. The number of thiazole rings is 1. The molecule has 2 rings (SSSR count). The fraction of sp³-hybridized carbons (Fsp3) is 0.700. The number of fused-ring (bicyclic) bond motifs is 1. The van der Waals surface area contributed by atoms with E-state index in [2.05, 4.69) is 23.7 Å². The molecule has 1 aromatic heterocycles. The third-order valence-electron chi connectivity index (χ3n) is 2.47. The van der Waals surface area contributed by atoms with Crippen LogP contribution in [0.2, 0.25) is 0 Å². The van der Waals surface area contributed by atoms with Crippen LogP contribution in [0.3, 0.4) is 0 Å². The molecule has 2 N–H and O–H groups in total. The maximum absolute atomic E-state index is 5.70. The number of rotatable bonds is 3. The molecule has 1 heterocycles. The number of aryl methyl sites for hydroxylation is 1. The molecule has 1 atom stereocenters. The van der Waals surface area contributed by atoms with Gasteiger partial charge in [0.1, 0.15) is 0 Å². The van der Waals surface area contributed by atoms with Crippen LogP contribution in [0.1, 0.15) is 30.3 Å². The molecular formula is C10H16N2S2. The number of aromatic nitrogens is 1. The molecule has 78 valence electrons. The smallest absolute Gasteiger partial charge is 0.180 e. The predicted molar refractivity (Wildman–Crippen MR) is 65.1 cm³/mol. The van der Waals surface area contributed by atoms with Gasteiger partial charge in [-0.2, -0.15) is 11.8 Å². The van der Waals surface area contributed by atoms with Gasteiger partial charge in [0.25, 0.3) is 0 Å². The molecule has 0 amide bonds. The lowest BCUT2D eigenvalue weighted by Crippen LogP contribution is -2.15. The highest BCUT2D eigenvalue weighted by Crippen LogP contribution is 2.32. The van der Waals surface area contributed by atoms with Crippen molar-refractivity contribution < 1.29 is 0 Å². The van der Waals surface area contributed by atoms with E-state index in [-0.39, 0.29) is 0 Å². The molecular weight excluding hydrogens is 212 g/mol. The Bertz CT molecular complexity index is 309. The topological polar surface area (TPSA) is 38.9 Å². The van der Waals surface area contributed by atoms with Gasteiger partial charge in [-0.05, 0) is 25.0 Å². The molecule has 1 unspecified atom stereocenters. The van der Waals surface area contributed by atoms with Crippen LogP contribution in [0.15, 0.2) is 0 Å². The molecule has 1 aromatic rings. The number of nitrogens with zero attached hydrogens (tertiary/aromatic N) is 1. The van der Waals surface area contributed by atoms with Crippen LogP contribution in [0.5, 0.6) is 0 Å². The van der Waals surface area contributed by atoms with Crippen molar-refractivity contribution in [2.45, 2.75) is 37.9 Å². The normalized spacial score (nSPS) is 20.8. The second-order valence-corrected chi connectivity index (χ2v) is 6.18. The van der Waals surface area contributed by atoms with Crippen molar-refractivity contribution in [1.82, 2.24) is 4.98 Å². The van der Waals surface area contributed by atoms with Gasteiger partial charge in [-0.15, -0.1) is 11.3 Å². The Morgan fingerprint density at radius 2 is 2.50 bits per heavy atom. The molecule has 0 bridgehead atoms. The van der Waals surface area contributed by atoms with E-state index in [1.807, 2.05) is 0 Å². The van der Waals surface area contributed by atoms with Crippen molar-refractivity contribution in [3.8, 4) is 0 Å². The van der Waals surface area contributed by atoms with Crippen LogP contribution >= 0.6 is 23.1 Å². The number of nitrogen functional groups attached to an aromatic ring is 1. The summed E-state index contributed by atoms with van der Waals surface area (Å²) in [7, 11) is 0. The van der Waals surface area contributed by atoms with E-state index in [0.717, 1.165) is 16.8 Å². The first-order valence-electron chi connectivity index (χ1n) is 5.15. The van der Waals surface area contributed by atoms with Gasteiger partial charge in [-0.1, -0.05) is 6.92 Å². The molecule has 0 saturated heterocycles. The van der Waals surface area contributed by atoms with Gasteiger partial charge in [0.15, 0.2) is 5.13 Å². The number of hydrogen-bond donors (Lipinski definition) is 1. The maximum atomic E-state index is 5.70. The summed E-state index contributed by atoms with van der Waals surface area (Å²) in [5.41, 5.74) is 6.98. The summed E-state index contributed by atoms with van der Waals surface area (Å²) in [5.74, 6) is 1.28. The van der Waals surface area contributed by atoms with Gasteiger partial charge >= 0.3 is 0 Å². The summed E-state index contributed by atoms with van der Waals surface area (Å²) in [6.45, 7) is 2.24. The largest absolute Gasteiger partial charge is 0.375 e. The second kappa shape index (κ2) is 4.53. The van der Waals surface area contributed by atoms with Crippen molar-refractivity contribution in [2.24, 2.45) is 0 Å². The van der Waals surface area contributed by atoms with Crippen molar-refractivity contribution >= 4 is 28.2 Å². The lowest BCUT2D eigenvalue weighted by Gasteiger charge is -2.20. The van der Waals surface area contributed by atoms with Crippen molar-refractivity contribution in [3.63, 3.8) is 0 Å². The van der Waals surface area contributed by atoms with Gasteiger partial charge in [0, 0.05) is 16.5 Å². The van der Waals surface area contributed by atoms with Crippen LogP contribution < -0.4 is 5.73 Å². The summed E-state index contributed by atoms with van der Waals surface area (Å²) in [5, 5.41) is 1.53. The van der Waals surface area contributed by atoms with E-state index < -0.39 is 0 Å². The van der Waals surface area contributed by atoms with E-state index in [4.69, 9.17) is 5.73 Å². The number of hydrogen-bond acceptors (Lipinski definition) is 4. The van der Waals surface area contributed by atoms with E-state index in [1.54, 1.807) is 11.3 Å². The first kappa shape index (κ1) is 10.3. The summed E-state index contributed by atoms with van der Waals surface area (Å²) < 4.78 is 0. The van der Waals surface area contributed by atoms with E-state index in [9.17, 15) is 0 Å². The van der Waals surface area contributed by atoms with Crippen LogP contribution in [0, 0.1) is 0 Å². The van der Waals surface area contributed by atoms with Crippen LogP contribution in [-0.2, 0) is 12.8 Å². The lowest BCUT2D eigenvalue weighted by molar-refractivity contribution is 0.699. The van der Waals surface area contributed by atoms with Gasteiger partial charge in [0.05, 0.1) is 5.69 Å². The molecule has 0 aliphatic heterocycles. The fourth-order valence-corrected chi connectivity index (χ4v) is 3.80. The van der Waals surface area contributed by atoms with Crippen LogP contribution in [-0.4, -0.2) is 16.0 Å². The molecule has 0 radical (unpaired) electrons. The lowest BCUT2D eigenvalue weighted by atomic mass is 10.0. The van der Waals surface area contributed by atoms with Gasteiger partial charge in [-0.3, -0.25) is 0 Å². The Morgan fingerprint density at radius 3 is 3.29 bits per heavy atom. The SMILES string of the molecule is CCCSC1CCc2sc(N)nc2C1. The summed E-state index contributed by atoms with van der Waals surface area (Å²) in [4.78, 5) is 5.82. The highest BCUT2D eigenvalue weighted by Gasteiger charge is 2.21. The minimum atomic E-state index is 0.746. The average Bonchev–Trinajstić information content (AvgIpc) is 2.54. The van der Waals surface area contributed by atoms with Gasteiger partial charge < -0.3 is 5.73 Å². The quantitative estimate of drug-likeness (QED) is 0.864. The Kier molecular flexibility index (Phi) is 3.34. The molecule has 2 nitrogen and oxygen atoms in total. The van der Waals surface area contributed by atoms with Gasteiger partial charge in [0.2, 0.25) is 0 Å². The van der Waals surface area contributed by atoms with E-state index in [0.29, 0.717) is 0 Å². The molecule has 4 heteroatoms. The molecule has 0 fully saturated rings. The molecule has 1 aliphatic carbocycles. The molecule has 14 heavy (non-hydrogen) atoms. The van der Waals surface area contributed by atoms with E-state index in [1.165, 1.54) is 35.6 Å². The first-order chi connectivity index (χ1) is 6.79. The predicted octanol–water partition coefficient (Wildman–Crippen LogP) is 2.73. The minimum Gasteiger partial charge on any atom is -0.375 e. The third kappa shape index (κ3) is 2.23. The van der Waals surface area contributed by atoms with Crippen LogP contribution in [0.4, 0.5) is 5.13 Å². The van der Waals surface area contributed by atoms with Gasteiger partial charge in [-0.25, -0.2) is 4.98 Å². The first-order valence-corrected chi connectivity index (χ1v) is 7.01. The summed E-state index contributed by atoms with van der Waals surface area (Å²) >= 11 is 3.77. The zero-order valence-electron chi connectivity index (χ0n) is 8.45. The Labute approximate surface area is 93.3 Å². The fourth-order valence-electron chi connectivity index (χ4n) is 1.79. The second-order valence-electron chi connectivity index (χ2n) is 3.66. The number of anilines is 1. The van der Waals surface area contributed by atoms with Crippen molar-refractivity contribution in [1.29, 1.82) is 0 Å². The molecule has 1 aliphatic rings.